The van der Waals surface area contributed by atoms with Gasteiger partial charge in [-0.1, -0.05) is 30.3 Å². The van der Waals surface area contributed by atoms with Crippen LogP contribution in [0.5, 0.6) is 0 Å². The number of halogens is 1. The molecule has 0 fully saturated rings. The first-order valence-corrected chi connectivity index (χ1v) is 13.3. The first-order valence-electron chi connectivity index (χ1n) is 10.4. The second kappa shape index (κ2) is 11.6. The Morgan fingerprint density at radius 1 is 1.00 bits per heavy atom. The van der Waals surface area contributed by atoms with E-state index in [0.717, 1.165) is 19.7 Å². The standard InChI is InChI=1S/C23H30IN3O4S/c1-17(2)25-23(29)18(3)26(15-14-19-8-6-5-7-9-19)22(28)16-27(32(4,30)31)21-12-10-20(24)11-13-21/h5-13,17-18H,14-16H2,1-4H3,(H,25,29)/t18-/m1/s1. The van der Waals surface area contributed by atoms with Crippen molar-refractivity contribution >= 4 is 50.1 Å². The zero-order valence-electron chi connectivity index (χ0n) is 18.8. The van der Waals surface area contributed by atoms with Crippen molar-refractivity contribution in [2.75, 3.05) is 23.7 Å². The topological polar surface area (TPSA) is 86.8 Å². The molecule has 0 aliphatic heterocycles. The van der Waals surface area contributed by atoms with Gasteiger partial charge in [0, 0.05) is 16.2 Å². The summed E-state index contributed by atoms with van der Waals surface area (Å²) >= 11 is 2.13. The third kappa shape index (κ3) is 7.77. The number of hydrogen-bond donors (Lipinski definition) is 1. The highest BCUT2D eigenvalue weighted by Gasteiger charge is 2.29. The molecule has 0 bridgehead atoms. The van der Waals surface area contributed by atoms with Crippen molar-refractivity contribution in [3.8, 4) is 0 Å². The minimum absolute atomic E-state index is 0.0738. The van der Waals surface area contributed by atoms with E-state index < -0.39 is 22.0 Å². The normalized spacial score (nSPS) is 12.3. The Kier molecular flexibility index (Phi) is 9.50. The van der Waals surface area contributed by atoms with Crippen LogP contribution in [0.15, 0.2) is 54.6 Å². The third-order valence-corrected chi connectivity index (χ3v) is 6.74. The second-order valence-electron chi connectivity index (χ2n) is 7.91. The number of hydrogen-bond acceptors (Lipinski definition) is 4. The van der Waals surface area contributed by atoms with Crippen molar-refractivity contribution in [1.29, 1.82) is 0 Å². The smallest absolute Gasteiger partial charge is 0.244 e. The number of nitrogens with one attached hydrogen (secondary N) is 1. The quantitative estimate of drug-likeness (QED) is 0.445. The minimum atomic E-state index is -3.71. The van der Waals surface area contributed by atoms with Gasteiger partial charge in [-0.3, -0.25) is 13.9 Å². The molecule has 2 aromatic carbocycles. The fourth-order valence-electron chi connectivity index (χ4n) is 3.20. The van der Waals surface area contributed by atoms with E-state index in [-0.39, 0.29) is 18.5 Å². The van der Waals surface area contributed by atoms with E-state index in [1.54, 1.807) is 31.2 Å². The maximum Gasteiger partial charge on any atom is 0.244 e. The molecule has 174 valence electrons. The Labute approximate surface area is 204 Å². The van der Waals surface area contributed by atoms with E-state index >= 15 is 0 Å². The van der Waals surface area contributed by atoms with Crippen molar-refractivity contribution in [3.63, 3.8) is 0 Å². The third-order valence-electron chi connectivity index (χ3n) is 4.88. The zero-order valence-corrected chi connectivity index (χ0v) is 21.8. The average Bonchev–Trinajstić information content (AvgIpc) is 2.72. The van der Waals surface area contributed by atoms with Crippen LogP contribution in [0, 0.1) is 3.57 Å². The van der Waals surface area contributed by atoms with Gasteiger partial charge in [-0.25, -0.2) is 8.42 Å². The van der Waals surface area contributed by atoms with Crippen molar-refractivity contribution in [1.82, 2.24) is 10.2 Å². The van der Waals surface area contributed by atoms with E-state index in [0.29, 0.717) is 18.7 Å². The Morgan fingerprint density at radius 2 is 1.59 bits per heavy atom. The Bertz CT molecular complexity index is 1010. The van der Waals surface area contributed by atoms with Gasteiger partial charge in [0.2, 0.25) is 21.8 Å². The molecule has 7 nitrogen and oxygen atoms in total. The first kappa shape index (κ1) is 26.1. The van der Waals surface area contributed by atoms with Crippen LogP contribution < -0.4 is 9.62 Å². The number of anilines is 1. The van der Waals surface area contributed by atoms with Crippen LogP contribution in [-0.4, -0.2) is 56.6 Å². The second-order valence-corrected chi connectivity index (χ2v) is 11.1. The van der Waals surface area contributed by atoms with Crippen molar-refractivity contribution in [2.45, 2.75) is 39.3 Å². The first-order chi connectivity index (χ1) is 15.0. The lowest BCUT2D eigenvalue weighted by atomic mass is 10.1. The summed E-state index contributed by atoms with van der Waals surface area (Å²) in [5.41, 5.74) is 1.43. The number of rotatable bonds is 10. The predicted molar refractivity (Wildman–Crippen MR) is 136 cm³/mol. The molecule has 0 saturated carbocycles. The van der Waals surface area contributed by atoms with Gasteiger partial charge in [0.25, 0.3) is 0 Å². The lowest BCUT2D eigenvalue weighted by Gasteiger charge is -2.31. The van der Waals surface area contributed by atoms with Crippen LogP contribution >= 0.6 is 22.6 Å². The Morgan fingerprint density at radius 3 is 2.12 bits per heavy atom. The predicted octanol–water partition coefficient (Wildman–Crippen LogP) is 3.04. The minimum Gasteiger partial charge on any atom is -0.352 e. The lowest BCUT2D eigenvalue weighted by Crippen LogP contribution is -2.53. The van der Waals surface area contributed by atoms with Gasteiger partial charge in [0.05, 0.1) is 11.9 Å². The summed E-state index contributed by atoms with van der Waals surface area (Å²) in [6.45, 7) is 5.27. The Balaban J connectivity index is 2.29. The molecular weight excluding hydrogens is 541 g/mol. The highest BCUT2D eigenvalue weighted by atomic mass is 127. The van der Waals surface area contributed by atoms with E-state index in [1.807, 2.05) is 44.2 Å². The van der Waals surface area contributed by atoms with E-state index in [2.05, 4.69) is 27.9 Å². The van der Waals surface area contributed by atoms with Crippen LogP contribution in [0.4, 0.5) is 5.69 Å². The molecular formula is C23H30IN3O4S. The van der Waals surface area contributed by atoms with Crippen LogP contribution in [0.25, 0.3) is 0 Å². The molecule has 0 spiro atoms. The van der Waals surface area contributed by atoms with Crippen LogP contribution in [-0.2, 0) is 26.0 Å². The maximum absolute atomic E-state index is 13.3. The van der Waals surface area contributed by atoms with Gasteiger partial charge in [-0.15, -0.1) is 0 Å². The SMILES string of the molecule is CC(C)NC(=O)[C@@H](C)N(CCc1ccccc1)C(=O)CN(c1ccc(I)cc1)S(C)(=O)=O. The summed E-state index contributed by atoms with van der Waals surface area (Å²) in [5, 5.41) is 2.83. The molecule has 2 aromatic rings. The van der Waals surface area contributed by atoms with Gasteiger partial charge in [0.1, 0.15) is 12.6 Å². The van der Waals surface area contributed by atoms with E-state index in [4.69, 9.17) is 0 Å². The number of benzene rings is 2. The number of carbonyl (C=O) groups excluding carboxylic acids is 2. The summed E-state index contributed by atoms with van der Waals surface area (Å²) in [7, 11) is -3.71. The highest BCUT2D eigenvalue weighted by molar-refractivity contribution is 14.1. The number of carbonyl (C=O) groups is 2. The summed E-state index contributed by atoms with van der Waals surface area (Å²) in [4.78, 5) is 27.4. The van der Waals surface area contributed by atoms with Gasteiger partial charge in [-0.05, 0) is 79.6 Å². The largest absolute Gasteiger partial charge is 0.352 e. The highest BCUT2D eigenvalue weighted by Crippen LogP contribution is 2.20. The van der Waals surface area contributed by atoms with Crippen LogP contribution in [0.1, 0.15) is 26.3 Å². The van der Waals surface area contributed by atoms with Gasteiger partial charge in [-0.2, -0.15) is 0 Å². The van der Waals surface area contributed by atoms with Gasteiger partial charge >= 0.3 is 0 Å². The molecule has 2 rings (SSSR count). The van der Waals surface area contributed by atoms with Crippen molar-refractivity contribution in [2.24, 2.45) is 0 Å². The molecule has 9 heteroatoms. The van der Waals surface area contributed by atoms with Crippen LogP contribution in [0.3, 0.4) is 0 Å². The van der Waals surface area contributed by atoms with Crippen molar-refractivity contribution < 1.29 is 18.0 Å². The monoisotopic (exact) mass is 571 g/mol. The molecule has 2 amide bonds. The van der Waals surface area contributed by atoms with Gasteiger partial charge in [0.15, 0.2) is 0 Å². The van der Waals surface area contributed by atoms with Crippen LogP contribution in [0.2, 0.25) is 0 Å². The number of nitrogens with zero attached hydrogens (tertiary/aromatic N) is 2. The molecule has 0 aromatic heterocycles. The maximum atomic E-state index is 13.3. The van der Waals surface area contributed by atoms with Crippen molar-refractivity contribution in [3.05, 3.63) is 63.7 Å². The molecule has 0 radical (unpaired) electrons. The van der Waals surface area contributed by atoms with Gasteiger partial charge < -0.3 is 10.2 Å². The van der Waals surface area contributed by atoms with E-state index in [1.165, 1.54) is 4.90 Å². The fourth-order valence-corrected chi connectivity index (χ4v) is 4.41. The van der Waals surface area contributed by atoms with E-state index in [9.17, 15) is 18.0 Å². The molecule has 0 aliphatic carbocycles. The Hall–Kier alpha value is -2.14. The molecule has 0 saturated heterocycles. The summed E-state index contributed by atoms with van der Waals surface area (Å²) < 4.78 is 27.0. The average molecular weight is 571 g/mol. The molecule has 32 heavy (non-hydrogen) atoms. The molecule has 0 unspecified atom stereocenters. The molecule has 0 aliphatic rings. The summed E-state index contributed by atoms with van der Waals surface area (Å²) in [6.07, 6.45) is 1.62. The number of amides is 2. The summed E-state index contributed by atoms with van der Waals surface area (Å²) in [6, 6.07) is 15.7. The number of sulfonamides is 1. The zero-order chi connectivity index (χ0) is 23.9. The molecule has 1 atom stereocenters. The lowest BCUT2D eigenvalue weighted by molar-refractivity contribution is -0.139. The molecule has 1 N–H and O–H groups in total. The summed E-state index contributed by atoms with van der Waals surface area (Å²) in [5.74, 6) is -0.710. The fraction of sp³-hybridized carbons (Fsp3) is 0.391. The molecule has 0 heterocycles.